The number of fused-ring (bicyclic) bond motifs is 2. The van der Waals surface area contributed by atoms with Crippen molar-refractivity contribution in [2.75, 3.05) is 14.2 Å². The number of ether oxygens (including phenoxy) is 1. The van der Waals surface area contributed by atoms with Crippen molar-refractivity contribution in [3.8, 4) is 5.75 Å². The number of halogens is 2. The second kappa shape index (κ2) is 8.25. The number of methoxy groups -OCH3 is 1. The van der Waals surface area contributed by atoms with Gasteiger partial charge < -0.3 is 15.0 Å². The standard InChI is InChI=1S/C17H22ClN3O3.ClH/c1-21-12-4-5-13(21)9-11(8-12)19-17(23)20-16(22)14-7-10(18)3-6-15(14)24-2;/h3,6-7,11-13H,4-5,8-9H2,1-2H3,(H2,19,20,22,23);1H. The lowest BCUT2D eigenvalue weighted by atomic mass is 9.98. The Hall–Kier alpha value is -1.50. The van der Waals surface area contributed by atoms with Gasteiger partial charge in [-0.25, -0.2) is 4.79 Å². The van der Waals surface area contributed by atoms with Gasteiger partial charge in [0.2, 0.25) is 0 Å². The molecule has 0 aliphatic carbocycles. The summed E-state index contributed by atoms with van der Waals surface area (Å²) < 4.78 is 5.14. The highest BCUT2D eigenvalue weighted by atomic mass is 35.5. The van der Waals surface area contributed by atoms with E-state index in [2.05, 4.69) is 22.6 Å². The summed E-state index contributed by atoms with van der Waals surface area (Å²) in [7, 11) is 3.61. The number of carbonyl (C=O) groups is 2. The van der Waals surface area contributed by atoms with Gasteiger partial charge in [0.15, 0.2) is 0 Å². The predicted octanol–water partition coefficient (Wildman–Crippen LogP) is 2.84. The molecule has 2 bridgehead atoms. The minimum atomic E-state index is -0.525. The molecular weight excluding hydrogens is 365 g/mol. The fourth-order valence-electron chi connectivity index (χ4n) is 3.78. The number of benzene rings is 1. The second-order valence-electron chi connectivity index (χ2n) is 6.49. The summed E-state index contributed by atoms with van der Waals surface area (Å²) >= 11 is 5.92. The first-order chi connectivity index (χ1) is 11.5. The van der Waals surface area contributed by atoms with Crippen LogP contribution >= 0.6 is 24.0 Å². The number of urea groups is 1. The number of amides is 3. The Morgan fingerprint density at radius 2 is 1.88 bits per heavy atom. The van der Waals surface area contributed by atoms with E-state index in [4.69, 9.17) is 16.3 Å². The topological polar surface area (TPSA) is 70.7 Å². The number of nitrogens with zero attached hydrogens (tertiary/aromatic N) is 1. The fraction of sp³-hybridized carbons (Fsp3) is 0.529. The van der Waals surface area contributed by atoms with Crippen molar-refractivity contribution in [1.29, 1.82) is 0 Å². The largest absolute Gasteiger partial charge is 0.496 e. The third kappa shape index (κ3) is 4.37. The van der Waals surface area contributed by atoms with Crippen molar-refractivity contribution >= 4 is 35.9 Å². The lowest BCUT2D eigenvalue weighted by Gasteiger charge is -2.36. The molecule has 6 nitrogen and oxygen atoms in total. The first-order valence-electron chi connectivity index (χ1n) is 8.15. The van der Waals surface area contributed by atoms with Crippen molar-refractivity contribution in [2.45, 2.75) is 43.8 Å². The molecule has 8 heteroatoms. The molecule has 2 atom stereocenters. The summed E-state index contributed by atoms with van der Waals surface area (Å²) in [4.78, 5) is 26.9. The molecule has 0 saturated carbocycles. The van der Waals surface area contributed by atoms with E-state index >= 15 is 0 Å². The number of imide groups is 1. The van der Waals surface area contributed by atoms with Crippen LogP contribution in [0.25, 0.3) is 0 Å². The molecule has 0 spiro atoms. The Bertz CT molecular complexity index is 642. The molecule has 3 amide bonds. The smallest absolute Gasteiger partial charge is 0.321 e. The summed E-state index contributed by atoms with van der Waals surface area (Å²) in [6.45, 7) is 0. The lowest BCUT2D eigenvalue weighted by molar-refractivity contribution is 0.0957. The third-order valence-electron chi connectivity index (χ3n) is 5.07. The van der Waals surface area contributed by atoms with E-state index in [1.54, 1.807) is 12.1 Å². The van der Waals surface area contributed by atoms with E-state index in [0.717, 1.165) is 12.8 Å². The Balaban J connectivity index is 0.00000225. The van der Waals surface area contributed by atoms with Gasteiger partial charge in [-0.2, -0.15) is 0 Å². The molecule has 25 heavy (non-hydrogen) atoms. The summed E-state index contributed by atoms with van der Waals surface area (Å²) in [6, 6.07) is 5.40. The monoisotopic (exact) mass is 387 g/mol. The summed E-state index contributed by atoms with van der Waals surface area (Å²) in [6.07, 6.45) is 4.21. The fourth-order valence-corrected chi connectivity index (χ4v) is 3.95. The number of hydrogen-bond donors (Lipinski definition) is 2. The van der Waals surface area contributed by atoms with Crippen LogP contribution in [-0.4, -0.2) is 49.1 Å². The molecule has 3 rings (SSSR count). The highest BCUT2D eigenvalue weighted by Gasteiger charge is 2.38. The van der Waals surface area contributed by atoms with Crippen molar-refractivity contribution in [1.82, 2.24) is 15.5 Å². The van der Waals surface area contributed by atoms with Crippen LogP contribution in [-0.2, 0) is 0 Å². The van der Waals surface area contributed by atoms with Crippen LogP contribution in [0.4, 0.5) is 4.79 Å². The number of piperidine rings is 1. The van der Waals surface area contributed by atoms with Crippen LogP contribution in [0.1, 0.15) is 36.0 Å². The summed E-state index contributed by atoms with van der Waals surface area (Å²) in [5, 5.41) is 5.70. The molecule has 2 aliphatic rings. The maximum Gasteiger partial charge on any atom is 0.321 e. The molecule has 2 fully saturated rings. The van der Waals surface area contributed by atoms with Gasteiger partial charge in [-0.05, 0) is 50.9 Å². The van der Waals surface area contributed by atoms with Crippen LogP contribution in [0, 0.1) is 0 Å². The minimum Gasteiger partial charge on any atom is -0.496 e. The van der Waals surface area contributed by atoms with Crippen molar-refractivity contribution in [3.63, 3.8) is 0 Å². The summed E-state index contributed by atoms with van der Waals surface area (Å²) in [5.41, 5.74) is 0.239. The Morgan fingerprint density at radius 1 is 1.24 bits per heavy atom. The minimum absolute atomic E-state index is 0. The quantitative estimate of drug-likeness (QED) is 0.836. The van der Waals surface area contributed by atoms with E-state index in [1.165, 1.54) is 26.0 Å². The van der Waals surface area contributed by atoms with Crippen LogP contribution < -0.4 is 15.4 Å². The molecular formula is C17H23Cl2N3O3. The zero-order chi connectivity index (χ0) is 17.3. The van der Waals surface area contributed by atoms with Crippen molar-refractivity contribution < 1.29 is 14.3 Å². The SMILES string of the molecule is COc1ccc(Cl)cc1C(=O)NC(=O)NC1CC2CCC(C1)N2C.Cl. The average Bonchev–Trinajstić information content (AvgIpc) is 2.76. The molecule has 0 radical (unpaired) electrons. The summed E-state index contributed by atoms with van der Waals surface area (Å²) in [5.74, 6) is -0.148. The maximum absolute atomic E-state index is 12.3. The lowest BCUT2D eigenvalue weighted by Crippen LogP contribution is -2.51. The van der Waals surface area contributed by atoms with E-state index in [9.17, 15) is 9.59 Å². The van der Waals surface area contributed by atoms with Gasteiger partial charge in [0, 0.05) is 23.1 Å². The zero-order valence-corrected chi connectivity index (χ0v) is 15.8. The Kier molecular flexibility index (Phi) is 6.54. The van der Waals surface area contributed by atoms with Crippen LogP contribution in [0.3, 0.4) is 0 Å². The molecule has 2 saturated heterocycles. The van der Waals surface area contributed by atoms with Gasteiger partial charge in [0.25, 0.3) is 5.91 Å². The highest BCUT2D eigenvalue weighted by Crippen LogP contribution is 2.34. The van der Waals surface area contributed by atoms with Crippen LogP contribution in [0.5, 0.6) is 5.75 Å². The number of rotatable bonds is 3. The second-order valence-corrected chi connectivity index (χ2v) is 6.93. The average molecular weight is 388 g/mol. The van der Waals surface area contributed by atoms with Crippen molar-refractivity contribution in [3.05, 3.63) is 28.8 Å². The van der Waals surface area contributed by atoms with E-state index in [1.807, 2.05) is 0 Å². The van der Waals surface area contributed by atoms with Gasteiger partial charge in [-0.1, -0.05) is 11.6 Å². The first kappa shape index (κ1) is 19.8. The third-order valence-corrected chi connectivity index (χ3v) is 5.30. The van der Waals surface area contributed by atoms with Gasteiger partial charge in [0.05, 0.1) is 12.7 Å². The molecule has 0 aromatic heterocycles. The molecule has 138 valence electrons. The Morgan fingerprint density at radius 3 is 2.48 bits per heavy atom. The number of hydrogen-bond acceptors (Lipinski definition) is 4. The molecule has 1 aromatic rings. The highest BCUT2D eigenvalue weighted by molar-refractivity contribution is 6.31. The van der Waals surface area contributed by atoms with E-state index in [-0.39, 0.29) is 24.0 Å². The number of carbonyl (C=O) groups excluding carboxylic acids is 2. The van der Waals surface area contributed by atoms with E-state index in [0.29, 0.717) is 22.9 Å². The maximum atomic E-state index is 12.3. The van der Waals surface area contributed by atoms with Gasteiger partial charge in [-0.15, -0.1) is 12.4 Å². The zero-order valence-electron chi connectivity index (χ0n) is 14.3. The van der Waals surface area contributed by atoms with Crippen molar-refractivity contribution in [2.24, 2.45) is 0 Å². The molecule has 2 aliphatic heterocycles. The normalized spacial score (nSPS) is 25.0. The molecule has 2 unspecified atom stereocenters. The molecule has 2 N–H and O–H groups in total. The first-order valence-corrected chi connectivity index (χ1v) is 8.53. The molecule has 1 aromatic carbocycles. The predicted molar refractivity (Wildman–Crippen MR) is 98.8 cm³/mol. The van der Waals surface area contributed by atoms with Gasteiger partial charge in [0.1, 0.15) is 5.75 Å². The van der Waals surface area contributed by atoms with Gasteiger partial charge >= 0.3 is 6.03 Å². The van der Waals surface area contributed by atoms with Crippen LogP contribution in [0.15, 0.2) is 18.2 Å². The van der Waals surface area contributed by atoms with Gasteiger partial charge in [-0.3, -0.25) is 10.1 Å². The molecule has 2 heterocycles. The number of nitrogens with one attached hydrogen (secondary N) is 2. The Labute approximate surface area is 158 Å². The van der Waals surface area contributed by atoms with E-state index < -0.39 is 11.9 Å². The van der Waals surface area contributed by atoms with Crippen LogP contribution in [0.2, 0.25) is 5.02 Å².